The van der Waals surface area contributed by atoms with Gasteiger partial charge < -0.3 is 14.2 Å². The number of rotatable bonds is 5. The van der Waals surface area contributed by atoms with E-state index in [1.807, 2.05) is 72.8 Å². The molecule has 2 unspecified atom stereocenters. The Morgan fingerprint density at radius 2 is 1.90 bits per heavy atom. The normalized spacial score (nSPS) is 20.0. The van der Waals surface area contributed by atoms with E-state index < -0.39 is 5.79 Å². The second-order valence-electron chi connectivity index (χ2n) is 6.81. The summed E-state index contributed by atoms with van der Waals surface area (Å²) < 4.78 is 17.4. The van der Waals surface area contributed by atoms with Crippen LogP contribution in [-0.4, -0.2) is 30.0 Å². The summed E-state index contributed by atoms with van der Waals surface area (Å²) in [5.41, 5.74) is 2.72. The Labute approximate surface area is 176 Å². The van der Waals surface area contributed by atoms with Crippen molar-refractivity contribution in [1.29, 1.82) is 0 Å². The number of ether oxygens (including phenoxy) is 3. The molecule has 150 valence electrons. The fraction of sp³-hybridized carbons (Fsp3) is 0.200. The number of hydrogen-bond donors (Lipinski definition) is 0. The smallest absolute Gasteiger partial charge is 0.224 e. The van der Waals surface area contributed by atoms with Gasteiger partial charge in [-0.2, -0.15) is 0 Å². The third-order valence-corrected chi connectivity index (χ3v) is 4.97. The van der Waals surface area contributed by atoms with E-state index in [1.165, 1.54) is 6.33 Å². The number of allylic oxidation sites excluding steroid dienone is 2. The van der Waals surface area contributed by atoms with E-state index in [0.29, 0.717) is 12.5 Å². The first-order valence-electron chi connectivity index (χ1n) is 9.63. The number of benzene rings is 2. The Balaban J connectivity index is 1.61. The molecule has 0 spiro atoms. The minimum Gasteiger partial charge on any atom is -0.480 e. The molecule has 2 atom stereocenters. The van der Waals surface area contributed by atoms with E-state index in [1.54, 1.807) is 14.2 Å². The van der Waals surface area contributed by atoms with Gasteiger partial charge in [0.2, 0.25) is 11.7 Å². The van der Waals surface area contributed by atoms with Gasteiger partial charge in [0.05, 0.1) is 30.5 Å². The molecule has 1 aliphatic carbocycles. The highest BCUT2D eigenvalue weighted by Crippen LogP contribution is 2.30. The van der Waals surface area contributed by atoms with Gasteiger partial charge >= 0.3 is 0 Å². The minimum atomic E-state index is -0.949. The standard InChI is InChI=1S/C25H22N2O3/c1-28-24-22-16-19(12-14-23(22)26-18-27-24)11-13-21-10-6-7-15-25(21,29-2)30-17-20-8-4-3-5-9-20/h3-10,12,14-16,18,21H,17H2,1-2H3. The lowest BCUT2D eigenvalue weighted by atomic mass is 9.93. The number of hydrogen-bond acceptors (Lipinski definition) is 5. The summed E-state index contributed by atoms with van der Waals surface area (Å²) >= 11 is 0. The van der Waals surface area contributed by atoms with Crippen LogP contribution >= 0.6 is 0 Å². The fourth-order valence-electron chi connectivity index (χ4n) is 3.35. The number of aromatic nitrogens is 2. The largest absolute Gasteiger partial charge is 0.480 e. The third kappa shape index (κ3) is 4.11. The van der Waals surface area contributed by atoms with Crippen LogP contribution in [0.3, 0.4) is 0 Å². The maximum absolute atomic E-state index is 6.21. The molecule has 4 rings (SSSR count). The average molecular weight is 398 g/mol. The van der Waals surface area contributed by atoms with Crippen LogP contribution in [0.25, 0.3) is 10.9 Å². The minimum absolute atomic E-state index is 0.263. The lowest BCUT2D eigenvalue weighted by molar-refractivity contribution is -0.208. The highest BCUT2D eigenvalue weighted by Gasteiger charge is 2.37. The first-order valence-corrected chi connectivity index (χ1v) is 9.63. The maximum Gasteiger partial charge on any atom is 0.224 e. The van der Waals surface area contributed by atoms with Gasteiger partial charge in [0, 0.05) is 12.7 Å². The van der Waals surface area contributed by atoms with Gasteiger partial charge in [-0.05, 0) is 29.8 Å². The van der Waals surface area contributed by atoms with Crippen LogP contribution in [0, 0.1) is 17.8 Å². The molecule has 5 heteroatoms. The Hall–Kier alpha value is -3.46. The predicted octanol–water partition coefficient (Wildman–Crippen LogP) is 4.29. The van der Waals surface area contributed by atoms with Gasteiger partial charge in [-0.15, -0.1) is 0 Å². The molecule has 1 aromatic heterocycles. The van der Waals surface area contributed by atoms with Crippen molar-refractivity contribution in [1.82, 2.24) is 9.97 Å². The SMILES string of the molecule is COc1ncnc2ccc(C#CC3C=CC=CC3(OC)OCc3ccccc3)cc12. The van der Waals surface area contributed by atoms with Crippen molar-refractivity contribution >= 4 is 10.9 Å². The summed E-state index contributed by atoms with van der Waals surface area (Å²) in [5.74, 6) is 5.85. The Kier molecular flexibility index (Phi) is 5.89. The van der Waals surface area contributed by atoms with E-state index in [0.717, 1.165) is 22.0 Å². The summed E-state index contributed by atoms with van der Waals surface area (Å²) in [5, 5.41) is 0.823. The molecule has 0 N–H and O–H groups in total. The van der Waals surface area contributed by atoms with E-state index >= 15 is 0 Å². The van der Waals surface area contributed by atoms with Crippen LogP contribution in [0.4, 0.5) is 0 Å². The van der Waals surface area contributed by atoms with Crippen molar-refractivity contribution in [2.24, 2.45) is 5.92 Å². The van der Waals surface area contributed by atoms with Gasteiger partial charge in [0.15, 0.2) is 0 Å². The molecule has 0 aliphatic heterocycles. The topological polar surface area (TPSA) is 53.5 Å². The van der Waals surface area contributed by atoms with Crippen LogP contribution in [0.15, 0.2) is 79.2 Å². The summed E-state index contributed by atoms with van der Waals surface area (Å²) in [6, 6.07) is 15.8. The Bertz CT molecular complexity index is 1150. The Morgan fingerprint density at radius 3 is 2.70 bits per heavy atom. The molecule has 3 aromatic rings. The summed E-state index contributed by atoms with van der Waals surface area (Å²) in [6.07, 6.45) is 9.27. The van der Waals surface area contributed by atoms with Crippen LogP contribution in [0.5, 0.6) is 5.88 Å². The molecule has 0 fully saturated rings. The van der Waals surface area contributed by atoms with E-state index in [4.69, 9.17) is 14.2 Å². The van der Waals surface area contributed by atoms with Crippen molar-refractivity contribution in [3.8, 4) is 17.7 Å². The van der Waals surface area contributed by atoms with Crippen molar-refractivity contribution in [2.45, 2.75) is 12.4 Å². The zero-order chi connectivity index (χ0) is 20.8. The second kappa shape index (κ2) is 8.91. The van der Waals surface area contributed by atoms with Crippen LogP contribution in [0.2, 0.25) is 0 Å². The molecule has 5 nitrogen and oxygen atoms in total. The number of nitrogens with zero attached hydrogens (tertiary/aromatic N) is 2. The van der Waals surface area contributed by atoms with Crippen molar-refractivity contribution in [2.75, 3.05) is 14.2 Å². The highest BCUT2D eigenvalue weighted by molar-refractivity contribution is 5.84. The highest BCUT2D eigenvalue weighted by atomic mass is 16.7. The summed E-state index contributed by atoms with van der Waals surface area (Å²) in [7, 11) is 3.23. The quantitative estimate of drug-likeness (QED) is 0.474. The summed E-state index contributed by atoms with van der Waals surface area (Å²) in [6.45, 7) is 0.426. The van der Waals surface area contributed by atoms with Gasteiger partial charge in [-0.3, -0.25) is 0 Å². The van der Waals surface area contributed by atoms with Gasteiger partial charge in [-0.25, -0.2) is 9.97 Å². The lowest BCUT2D eigenvalue weighted by Gasteiger charge is -2.34. The van der Waals surface area contributed by atoms with Crippen LogP contribution in [-0.2, 0) is 16.1 Å². The van der Waals surface area contributed by atoms with Gasteiger partial charge in [0.25, 0.3) is 0 Å². The predicted molar refractivity (Wildman–Crippen MR) is 116 cm³/mol. The number of fused-ring (bicyclic) bond motifs is 1. The molecule has 30 heavy (non-hydrogen) atoms. The molecular weight excluding hydrogens is 376 g/mol. The van der Waals surface area contributed by atoms with E-state index in [-0.39, 0.29) is 5.92 Å². The molecule has 0 saturated heterocycles. The molecule has 0 radical (unpaired) electrons. The van der Waals surface area contributed by atoms with Crippen LogP contribution < -0.4 is 4.74 Å². The second-order valence-corrected chi connectivity index (χ2v) is 6.81. The van der Waals surface area contributed by atoms with Crippen molar-refractivity contribution in [3.05, 3.63) is 90.3 Å². The molecule has 0 amide bonds. The van der Waals surface area contributed by atoms with Crippen molar-refractivity contribution < 1.29 is 14.2 Å². The third-order valence-electron chi connectivity index (χ3n) is 4.97. The first-order chi connectivity index (χ1) is 14.7. The van der Waals surface area contributed by atoms with Gasteiger partial charge in [-0.1, -0.05) is 60.4 Å². The lowest BCUT2D eigenvalue weighted by Crippen LogP contribution is -2.40. The monoisotopic (exact) mass is 398 g/mol. The molecular formula is C25H22N2O3. The first kappa shape index (κ1) is 19.8. The fourth-order valence-corrected chi connectivity index (χ4v) is 3.35. The van der Waals surface area contributed by atoms with E-state index in [9.17, 15) is 0 Å². The molecule has 2 aromatic carbocycles. The molecule has 0 saturated carbocycles. The maximum atomic E-state index is 6.21. The molecule has 1 aliphatic rings. The van der Waals surface area contributed by atoms with Crippen LogP contribution in [0.1, 0.15) is 11.1 Å². The molecule has 0 bridgehead atoms. The summed E-state index contributed by atoms with van der Waals surface area (Å²) in [4.78, 5) is 8.43. The molecule has 1 heterocycles. The average Bonchev–Trinajstić information content (AvgIpc) is 2.82. The van der Waals surface area contributed by atoms with Crippen molar-refractivity contribution in [3.63, 3.8) is 0 Å². The Morgan fingerprint density at radius 1 is 1.03 bits per heavy atom. The number of methoxy groups -OCH3 is 2. The zero-order valence-corrected chi connectivity index (χ0v) is 16.9. The zero-order valence-electron chi connectivity index (χ0n) is 16.9. The van der Waals surface area contributed by atoms with Gasteiger partial charge in [0.1, 0.15) is 6.33 Å². The van der Waals surface area contributed by atoms with E-state index in [2.05, 4.69) is 21.8 Å².